The van der Waals surface area contributed by atoms with E-state index in [4.69, 9.17) is 9.47 Å². The van der Waals surface area contributed by atoms with E-state index in [0.29, 0.717) is 13.2 Å². The van der Waals surface area contributed by atoms with Gasteiger partial charge in [-0.15, -0.1) is 0 Å². The molecule has 0 radical (unpaired) electrons. The standard InChI is InChI=1S/C28H31N3O4/c1-3-35-21-14-10-19(11-15-21)27-24-25(22-6-4-5-7-23(22)32)29-30-26(24)28(33)31(27)17-16-18-8-12-20(34-2)13-9-18/h4-15,24-27,29-30,32H,3,16-17H2,1-2H3. The first-order valence-electron chi connectivity index (χ1n) is 12.1. The van der Waals surface area contributed by atoms with Gasteiger partial charge in [-0.2, -0.15) is 0 Å². The Balaban J connectivity index is 1.47. The van der Waals surface area contributed by atoms with Crippen LogP contribution in [0, 0.1) is 5.92 Å². The average molecular weight is 474 g/mol. The van der Waals surface area contributed by atoms with E-state index >= 15 is 0 Å². The summed E-state index contributed by atoms with van der Waals surface area (Å²) < 4.78 is 10.9. The van der Waals surface area contributed by atoms with Gasteiger partial charge in [-0.3, -0.25) is 4.79 Å². The van der Waals surface area contributed by atoms with Crippen LogP contribution in [-0.4, -0.2) is 42.2 Å². The minimum atomic E-state index is -0.382. The Bertz CT molecular complexity index is 1170. The fourth-order valence-electron chi connectivity index (χ4n) is 5.34. The van der Waals surface area contributed by atoms with Crippen LogP contribution in [-0.2, 0) is 11.2 Å². The molecule has 7 nitrogen and oxygen atoms in total. The van der Waals surface area contributed by atoms with Gasteiger partial charge in [-0.05, 0) is 54.8 Å². The minimum absolute atomic E-state index is 0.0628. The lowest BCUT2D eigenvalue weighted by atomic mass is 9.83. The lowest BCUT2D eigenvalue weighted by Gasteiger charge is -2.31. The molecule has 3 aromatic rings. The highest BCUT2D eigenvalue weighted by Crippen LogP contribution is 2.48. The van der Waals surface area contributed by atoms with Crippen LogP contribution in [0.5, 0.6) is 17.2 Å². The number of para-hydroxylation sites is 1. The number of amides is 1. The minimum Gasteiger partial charge on any atom is -0.508 e. The summed E-state index contributed by atoms with van der Waals surface area (Å²) in [5, 5.41) is 10.6. The van der Waals surface area contributed by atoms with Gasteiger partial charge in [-0.25, -0.2) is 10.9 Å². The molecule has 2 heterocycles. The number of hydrogen-bond acceptors (Lipinski definition) is 6. The lowest BCUT2D eigenvalue weighted by Crippen LogP contribution is -2.42. The molecule has 0 spiro atoms. The van der Waals surface area contributed by atoms with E-state index in [1.807, 2.05) is 78.6 Å². The molecular formula is C28H31N3O4. The van der Waals surface area contributed by atoms with Crippen LogP contribution in [0.2, 0.25) is 0 Å². The van der Waals surface area contributed by atoms with Crippen molar-refractivity contribution in [2.24, 2.45) is 5.92 Å². The van der Waals surface area contributed by atoms with Crippen molar-refractivity contribution in [1.82, 2.24) is 15.8 Å². The Kier molecular flexibility index (Phi) is 6.61. The first kappa shape index (κ1) is 23.2. The third-order valence-electron chi connectivity index (χ3n) is 7.02. The number of benzene rings is 3. The van der Waals surface area contributed by atoms with Crippen molar-refractivity contribution in [3.8, 4) is 17.2 Å². The Labute approximate surface area is 205 Å². The molecular weight excluding hydrogens is 442 g/mol. The van der Waals surface area contributed by atoms with Gasteiger partial charge in [-0.1, -0.05) is 42.5 Å². The molecule has 2 aliphatic rings. The topological polar surface area (TPSA) is 83.1 Å². The molecule has 3 N–H and O–H groups in total. The lowest BCUT2D eigenvalue weighted by molar-refractivity contribution is -0.130. The quantitative estimate of drug-likeness (QED) is 0.462. The molecule has 1 amide bonds. The molecule has 5 rings (SSSR count). The number of carbonyl (C=O) groups excluding carboxylic acids is 1. The van der Waals surface area contributed by atoms with Crippen molar-refractivity contribution in [3.05, 3.63) is 89.5 Å². The number of methoxy groups -OCH3 is 1. The van der Waals surface area contributed by atoms with Crippen LogP contribution in [0.25, 0.3) is 0 Å². The molecule has 7 heteroatoms. The van der Waals surface area contributed by atoms with Crippen molar-refractivity contribution in [3.63, 3.8) is 0 Å². The summed E-state index contributed by atoms with van der Waals surface area (Å²) in [7, 11) is 1.65. The summed E-state index contributed by atoms with van der Waals surface area (Å²) >= 11 is 0. The zero-order valence-electron chi connectivity index (χ0n) is 20.0. The van der Waals surface area contributed by atoms with Gasteiger partial charge in [0.05, 0.1) is 25.8 Å². The second kappa shape index (κ2) is 9.98. The third-order valence-corrected chi connectivity index (χ3v) is 7.02. The second-order valence-electron chi connectivity index (χ2n) is 8.96. The first-order chi connectivity index (χ1) is 17.1. The number of nitrogens with zero attached hydrogens (tertiary/aromatic N) is 1. The maximum atomic E-state index is 13.6. The van der Waals surface area contributed by atoms with Crippen LogP contribution in [0.15, 0.2) is 72.8 Å². The SMILES string of the molecule is CCOc1ccc(C2C3C(NNC3c3ccccc3O)C(=O)N2CCc2ccc(OC)cc2)cc1. The largest absolute Gasteiger partial charge is 0.508 e. The molecule has 2 saturated heterocycles. The van der Waals surface area contributed by atoms with Crippen LogP contribution in [0.1, 0.15) is 35.7 Å². The van der Waals surface area contributed by atoms with Crippen molar-refractivity contribution < 1.29 is 19.4 Å². The molecule has 35 heavy (non-hydrogen) atoms. The van der Waals surface area contributed by atoms with Crippen molar-refractivity contribution in [1.29, 1.82) is 0 Å². The van der Waals surface area contributed by atoms with Crippen molar-refractivity contribution in [2.45, 2.75) is 31.5 Å². The van der Waals surface area contributed by atoms with Crippen LogP contribution in [0.3, 0.4) is 0 Å². The van der Waals surface area contributed by atoms with Gasteiger partial charge in [0, 0.05) is 18.0 Å². The second-order valence-corrected chi connectivity index (χ2v) is 8.96. The number of aromatic hydroxyl groups is 1. The summed E-state index contributed by atoms with van der Waals surface area (Å²) in [6.45, 7) is 3.15. The van der Waals surface area contributed by atoms with Gasteiger partial charge in [0.2, 0.25) is 5.91 Å². The molecule has 182 valence electrons. The van der Waals surface area contributed by atoms with Gasteiger partial charge in [0.25, 0.3) is 0 Å². The first-order valence-corrected chi connectivity index (χ1v) is 12.1. The number of nitrogens with one attached hydrogen (secondary N) is 2. The highest BCUT2D eigenvalue weighted by molar-refractivity contribution is 5.86. The Hall–Kier alpha value is -3.55. The van der Waals surface area contributed by atoms with Crippen molar-refractivity contribution >= 4 is 5.91 Å². The van der Waals surface area contributed by atoms with E-state index in [9.17, 15) is 9.90 Å². The van der Waals surface area contributed by atoms with E-state index < -0.39 is 0 Å². The monoisotopic (exact) mass is 473 g/mol. The fraction of sp³-hybridized carbons (Fsp3) is 0.321. The predicted molar refractivity (Wildman–Crippen MR) is 133 cm³/mol. The zero-order valence-corrected chi connectivity index (χ0v) is 20.0. The maximum absolute atomic E-state index is 13.6. The molecule has 3 aromatic carbocycles. The summed E-state index contributed by atoms with van der Waals surface area (Å²) in [5.41, 5.74) is 9.49. The predicted octanol–water partition coefficient (Wildman–Crippen LogP) is 3.76. The number of likely N-dealkylation sites (tertiary alicyclic amines) is 1. The highest BCUT2D eigenvalue weighted by Gasteiger charge is 2.55. The molecule has 0 bridgehead atoms. The maximum Gasteiger partial charge on any atom is 0.242 e. The molecule has 4 unspecified atom stereocenters. The molecule has 2 aliphatic heterocycles. The van der Waals surface area contributed by atoms with E-state index in [1.54, 1.807) is 13.2 Å². The Morgan fingerprint density at radius 1 is 0.914 bits per heavy atom. The smallest absolute Gasteiger partial charge is 0.242 e. The normalized spacial score (nSPS) is 23.4. The number of carbonyl (C=O) groups is 1. The van der Waals surface area contributed by atoms with Gasteiger partial charge < -0.3 is 19.5 Å². The van der Waals surface area contributed by atoms with E-state index in [-0.39, 0.29) is 35.7 Å². The molecule has 2 fully saturated rings. The number of phenolic OH excluding ortho intramolecular Hbond substituents is 1. The third kappa shape index (κ3) is 4.45. The molecule has 0 aromatic heterocycles. The summed E-state index contributed by atoms with van der Waals surface area (Å²) in [5.74, 6) is 1.81. The van der Waals surface area contributed by atoms with E-state index in [0.717, 1.165) is 34.6 Å². The Morgan fingerprint density at radius 3 is 2.29 bits per heavy atom. The summed E-state index contributed by atoms with van der Waals surface area (Å²) in [6, 6.07) is 22.5. The number of rotatable bonds is 8. The summed E-state index contributed by atoms with van der Waals surface area (Å²) in [4.78, 5) is 15.6. The number of fused-ring (bicyclic) bond motifs is 1. The van der Waals surface area contributed by atoms with Crippen LogP contribution < -0.4 is 20.3 Å². The van der Waals surface area contributed by atoms with E-state index in [1.165, 1.54) is 0 Å². The van der Waals surface area contributed by atoms with Crippen LogP contribution >= 0.6 is 0 Å². The number of hydrogen-bond donors (Lipinski definition) is 3. The van der Waals surface area contributed by atoms with Crippen LogP contribution in [0.4, 0.5) is 0 Å². The zero-order chi connectivity index (χ0) is 24.4. The average Bonchev–Trinajstić information content (AvgIpc) is 3.43. The number of ether oxygens (including phenoxy) is 2. The summed E-state index contributed by atoms with van der Waals surface area (Å²) in [6.07, 6.45) is 0.734. The van der Waals surface area contributed by atoms with Gasteiger partial charge >= 0.3 is 0 Å². The molecule has 4 atom stereocenters. The number of phenols is 1. The molecule has 0 saturated carbocycles. The number of hydrazine groups is 1. The van der Waals surface area contributed by atoms with E-state index in [2.05, 4.69) is 10.9 Å². The fourth-order valence-corrected chi connectivity index (χ4v) is 5.34. The molecule has 0 aliphatic carbocycles. The van der Waals surface area contributed by atoms with Gasteiger partial charge in [0.15, 0.2) is 0 Å². The highest BCUT2D eigenvalue weighted by atomic mass is 16.5. The van der Waals surface area contributed by atoms with Crippen molar-refractivity contribution in [2.75, 3.05) is 20.3 Å². The Morgan fingerprint density at radius 2 is 1.60 bits per heavy atom. The van der Waals surface area contributed by atoms with Gasteiger partial charge in [0.1, 0.15) is 23.3 Å².